The minimum Gasteiger partial charge on any atom is -0.451 e. The van der Waals surface area contributed by atoms with Gasteiger partial charge in [0.15, 0.2) is 6.10 Å². The molecule has 0 aromatic heterocycles. The van der Waals surface area contributed by atoms with Gasteiger partial charge in [-0.15, -0.1) is 0 Å². The number of amides is 2. The van der Waals surface area contributed by atoms with Crippen LogP contribution in [-0.4, -0.2) is 29.9 Å². The Hall–Kier alpha value is -2.37. The molecule has 0 bridgehead atoms. The number of hydrogen-bond acceptors (Lipinski definition) is 4. The van der Waals surface area contributed by atoms with E-state index in [0.717, 1.165) is 6.42 Å². The molecule has 0 unspecified atom stereocenters. The van der Waals surface area contributed by atoms with Crippen molar-refractivity contribution in [1.29, 1.82) is 0 Å². The summed E-state index contributed by atoms with van der Waals surface area (Å²) in [5, 5.41) is 5.21. The van der Waals surface area contributed by atoms with E-state index in [1.165, 1.54) is 12.5 Å². The molecule has 0 saturated carbocycles. The fourth-order valence-corrected chi connectivity index (χ4v) is 2.17. The van der Waals surface area contributed by atoms with E-state index in [9.17, 15) is 14.4 Å². The number of carbonyl (C=O) groups is 3. The zero-order valence-electron chi connectivity index (χ0n) is 12.7. The standard InChI is InChI=1S/C16H20N2O4/c1-3-11-4-6-12(7-5-11)17-15(20)10(2)22-16(21)13-8-9-14(19)18-13/h4-7,10,13H,3,8-9H2,1-2H3,(H,17,20)(H,18,19)/t10-,13-/m1/s1. The summed E-state index contributed by atoms with van der Waals surface area (Å²) < 4.78 is 5.10. The van der Waals surface area contributed by atoms with Crippen molar-refractivity contribution in [2.75, 3.05) is 5.32 Å². The van der Waals surface area contributed by atoms with E-state index in [1.807, 2.05) is 24.3 Å². The van der Waals surface area contributed by atoms with Crippen molar-refractivity contribution in [1.82, 2.24) is 5.32 Å². The van der Waals surface area contributed by atoms with Crippen LogP contribution in [0.2, 0.25) is 0 Å². The lowest BCUT2D eigenvalue weighted by atomic mass is 10.1. The maximum atomic E-state index is 12.0. The molecule has 2 atom stereocenters. The number of rotatable bonds is 5. The highest BCUT2D eigenvalue weighted by Crippen LogP contribution is 2.12. The number of hydrogen-bond donors (Lipinski definition) is 2. The summed E-state index contributed by atoms with van der Waals surface area (Å²) in [4.78, 5) is 34.9. The summed E-state index contributed by atoms with van der Waals surface area (Å²) >= 11 is 0. The van der Waals surface area contributed by atoms with Crippen LogP contribution in [-0.2, 0) is 25.5 Å². The first-order chi connectivity index (χ1) is 10.5. The molecular formula is C16H20N2O4. The number of carbonyl (C=O) groups excluding carboxylic acids is 3. The first-order valence-corrected chi connectivity index (χ1v) is 7.39. The number of anilines is 1. The van der Waals surface area contributed by atoms with Crippen LogP contribution in [0.15, 0.2) is 24.3 Å². The molecule has 2 amide bonds. The zero-order chi connectivity index (χ0) is 16.1. The van der Waals surface area contributed by atoms with Crippen LogP contribution in [0.4, 0.5) is 5.69 Å². The van der Waals surface area contributed by atoms with Gasteiger partial charge in [0.25, 0.3) is 5.91 Å². The minimum absolute atomic E-state index is 0.171. The molecule has 6 heteroatoms. The summed E-state index contributed by atoms with van der Waals surface area (Å²) in [7, 11) is 0. The van der Waals surface area contributed by atoms with Crippen LogP contribution in [0, 0.1) is 0 Å². The number of nitrogens with one attached hydrogen (secondary N) is 2. The third-order valence-electron chi connectivity index (χ3n) is 3.57. The van der Waals surface area contributed by atoms with Crippen LogP contribution in [0.3, 0.4) is 0 Å². The molecule has 1 aliphatic heterocycles. The molecule has 0 aliphatic carbocycles. The molecular weight excluding hydrogens is 284 g/mol. The Morgan fingerprint density at radius 2 is 2.05 bits per heavy atom. The third kappa shape index (κ3) is 4.07. The summed E-state index contributed by atoms with van der Waals surface area (Å²) in [5.74, 6) is -1.15. The minimum atomic E-state index is -0.921. The van der Waals surface area contributed by atoms with Gasteiger partial charge in [-0.3, -0.25) is 9.59 Å². The van der Waals surface area contributed by atoms with E-state index < -0.39 is 24.0 Å². The van der Waals surface area contributed by atoms with E-state index in [4.69, 9.17) is 4.74 Å². The summed E-state index contributed by atoms with van der Waals surface area (Å²) in [5.41, 5.74) is 1.83. The number of benzene rings is 1. The van der Waals surface area contributed by atoms with Gasteiger partial charge in [0, 0.05) is 12.1 Å². The normalized spacial score (nSPS) is 18.5. The fraction of sp³-hybridized carbons (Fsp3) is 0.438. The van der Waals surface area contributed by atoms with Gasteiger partial charge in [-0.1, -0.05) is 19.1 Å². The molecule has 2 N–H and O–H groups in total. The molecule has 6 nitrogen and oxygen atoms in total. The topological polar surface area (TPSA) is 84.5 Å². The van der Waals surface area contributed by atoms with Crippen molar-refractivity contribution in [3.05, 3.63) is 29.8 Å². The van der Waals surface area contributed by atoms with Gasteiger partial charge < -0.3 is 15.4 Å². The second kappa shape index (κ2) is 7.06. The van der Waals surface area contributed by atoms with Gasteiger partial charge >= 0.3 is 5.97 Å². The highest BCUT2D eigenvalue weighted by atomic mass is 16.5. The Kier molecular flexibility index (Phi) is 5.14. The van der Waals surface area contributed by atoms with Gasteiger partial charge in [0.2, 0.25) is 5.91 Å². The fourth-order valence-electron chi connectivity index (χ4n) is 2.17. The molecule has 2 rings (SSSR count). The number of esters is 1. The maximum absolute atomic E-state index is 12.0. The van der Waals surface area contributed by atoms with Crippen molar-refractivity contribution >= 4 is 23.5 Å². The van der Waals surface area contributed by atoms with E-state index in [1.54, 1.807) is 0 Å². The van der Waals surface area contributed by atoms with E-state index in [-0.39, 0.29) is 5.91 Å². The monoisotopic (exact) mass is 304 g/mol. The SMILES string of the molecule is CCc1ccc(NC(=O)[C@@H](C)OC(=O)[C@H]2CCC(=O)N2)cc1. The van der Waals surface area contributed by atoms with Crippen LogP contribution in [0.1, 0.15) is 32.3 Å². The first kappa shape index (κ1) is 16.0. The lowest BCUT2D eigenvalue weighted by molar-refractivity contribution is -0.155. The van der Waals surface area contributed by atoms with Crippen molar-refractivity contribution < 1.29 is 19.1 Å². The molecule has 118 valence electrons. The summed E-state index contributed by atoms with van der Waals surface area (Å²) in [6.45, 7) is 3.56. The third-order valence-corrected chi connectivity index (χ3v) is 3.57. The van der Waals surface area contributed by atoms with Gasteiger partial charge in [0.05, 0.1) is 0 Å². The Morgan fingerprint density at radius 1 is 1.36 bits per heavy atom. The van der Waals surface area contributed by atoms with E-state index >= 15 is 0 Å². The molecule has 1 aromatic carbocycles. The van der Waals surface area contributed by atoms with Crippen molar-refractivity contribution in [3.8, 4) is 0 Å². The van der Waals surface area contributed by atoms with Gasteiger partial charge in [0.1, 0.15) is 6.04 Å². The molecule has 1 heterocycles. The zero-order valence-corrected chi connectivity index (χ0v) is 12.7. The Morgan fingerprint density at radius 3 is 2.59 bits per heavy atom. The smallest absolute Gasteiger partial charge is 0.329 e. The van der Waals surface area contributed by atoms with Crippen LogP contribution in [0.5, 0.6) is 0 Å². The van der Waals surface area contributed by atoms with Crippen LogP contribution >= 0.6 is 0 Å². The van der Waals surface area contributed by atoms with Crippen molar-refractivity contribution in [2.24, 2.45) is 0 Å². The first-order valence-electron chi connectivity index (χ1n) is 7.39. The largest absolute Gasteiger partial charge is 0.451 e. The second-order valence-corrected chi connectivity index (χ2v) is 5.28. The number of aryl methyl sites for hydroxylation is 1. The lowest BCUT2D eigenvalue weighted by Gasteiger charge is -2.16. The van der Waals surface area contributed by atoms with Crippen LogP contribution in [0.25, 0.3) is 0 Å². The molecule has 0 radical (unpaired) electrons. The Bertz CT molecular complexity index is 568. The Labute approximate surface area is 129 Å². The average Bonchev–Trinajstić information content (AvgIpc) is 2.94. The predicted molar refractivity (Wildman–Crippen MR) is 81.2 cm³/mol. The maximum Gasteiger partial charge on any atom is 0.329 e. The molecule has 1 fully saturated rings. The van der Waals surface area contributed by atoms with E-state index in [0.29, 0.717) is 18.5 Å². The molecule has 22 heavy (non-hydrogen) atoms. The molecule has 1 saturated heterocycles. The van der Waals surface area contributed by atoms with Crippen molar-refractivity contribution in [3.63, 3.8) is 0 Å². The highest BCUT2D eigenvalue weighted by Gasteiger charge is 2.30. The lowest BCUT2D eigenvalue weighted by Crippen LogP contribution is -2.39. The quantitative estimate of drug-likeness (QED) is 0.805. The summed E-state index contributed by atoms with van der Waals surface area (Å²) in [6, 6.07) is 6.83. The van der Waals surface area contributed by atoms with Gasteiger partial charge in [-0.25, -0.2) is 4.79 Å². The Balaban J connectivity index is 1.85. The number of ether oxygens (including phenoxy) is 1. The van der Waals surface area contributed by atoms with Crippen LogP contribution < -0.4 is 10.6 Å². The summed E-state index contributed by atoms with van der Waals surface area (Å²) in [6.07, 6.45) is 0.722. The molecule has 1 aliphatic rings. The van der Waals surface area contributed by atoms with Gasteiger partial charge in [-0.05, 0) is 37.5 Å². The van der Waals surface area contributed by atoms with E-state index in [2.05, 4.69) is 17.6 Å². The van der Waals surface area contributed by atoms with Crippen molar-refractivity contribution in [2.45, 2.75) is 45.3 Å². The van der Waals surface area contributed by atoms with Gasteiger partial charge in [-0.2, -0.15) is 0 Å². The predicted octanol–water partition coefficient (Wildman–Crippen LogP) is 1.40. The molecule has 1 aromatic rings. The molecule has 0 spiro atoms. The highest BCUT2D eigenvalue weighted by molar-refractivity contribution is 5.96. The average molecular weight is 304 g/mol. The second-order valence-electron chi connectivity index (χ2n) is 5.28.